The summed E-state index contributed by atoms with van der Waals surface area (Å²) in [6.45, 7) is 25.7. The van der Waals surface area contributed by atoms with Gasteiger partial charge in [0.15, 0.2) is 0 Å². The van der Waals surface area contributed by atoms with Crippen molar-refractivity contribution in [3.63, 3.8) is 0 Å². The Labute approximate surface area is 244 Å². The summed E-state index contributed by atoms with van der Waals surface area (Å²) in [5.41, 5.74) is 2.55. The van der Waals surface area contributed by atoms with Crippen molar-refractivity contribution in [3.05, 3.63) is 82.4 Å². The van der Waals surface area contributed by atoms with Crippen molar-refractivity contribution in [2.24, 2.45) is 0 Å². The molecular formula is C32H52MgN4+2. The van der Waals surface area contributed by atoms with Gasteiger partial charge in [-0.2, -0.15) is 0 Å². The third kappa shape index (κ3) is 19.9. The van der Waals surface area contributed by atoms with Crippen molar-refractivity contribution in [1.82, 2.24) is 0 Å². The molecule has 0 atom stereocenters. The normalized spacial score (nSPS) is 13.2. The molecule has 0 fully saturated rings. The molecule has 0 aromatic heterocycles. The topological polar surface area (TPSA) is 56.1 Å². The molecule has 0 bridgehead atoms. The number of hydrogen-bond donors (Lipinski definition) is 2. The van der Waals surface area contributed by atoms with Gasteiger partial charge in [0.25, 0.3) is 0 Å². The maximum absolute atomic E-state index is 4.80. The zero-order chi connectivity index (χ0) is 27.6. The molecule has 4 nitrogen and oxygen atoms in total. The first-order chi connectivity index (χ1) is 16.3. The minimum Gasteiger partial charge on any atom is -0.369 e. The molecule has 0 aliphatic rings. The molecule has 0 unspecified atom stereocenters. The summed E-state index contributed by atoms with van der Waals surface area (Å²) in [5.74, 6) is 2.11. The Morgan fingerprint density at radius 1 is 0.514 bits per heavy atom. The molecular weight excluding hydrogens is 465 g/mol. The van der Waals surface area contributed by atoms with Crippen LogP contribution in [0.25, 0.3) is 10.6 Å². The summed E-state index contributed by atoms with van der Waals surface area (Å²) in [6, 6.07) is 20.9. The largest absolute Gasteiger partial charge is 2.00 e. The molecule has 2 aromatic rings. The van der Waals surface area contributed by atoms with Crippen molar-refractivity contribution in [2.45, 2.75) is 118 Å². The maximum Gasteiger partial charge on any atom is 2.00 e. The maximum atomic E-state index is 4.80. The molecule has 2 rings (SSSR count). The zero-order valence-electron chi connectivity index (χ0n) is 25.8. The van der Waals surface area contributed by atoms with Crippen molar-refractivity contribution in [2.75, 3.05) is 0 Å². The van der Waals surface area contributed by atoms with Crippen LogP contribution in [0, 0.1) is 0 Å². The van der Waals surface area contributed by atoms with Crippen LogP contribution in [-0.4, -0.2) is 56.9 Å². The summed E-state index contributed by atoms with van der Waals surface area (Å²) in [6.07, 6.45) is 1.71. The molecule has 0 saturated carbocycles. The molecule has 0 spiro atoms. The van der Waals surface area contributed by atoms with Gasteiger partial charge in [0.1, 0.15) is 11.7 Å². The molecule has 5 heteroatoms. The molecule has 0 amide bonds. The van der Waals surface area contributed by atoms with E-state index in [4.69, 9.17) is 10.6 Å². The van der Waals surface area contributed by atoms with Crippen molar-refractivity contribution in [1.29, 1.82) is 0 Å². The predicted octanol–water partition coefficient (Wildman–Crippen LogP) is 4.98. The minimum atomic E-state index is -0.0532. The van der Waals surface area contributed by atoms with Gasteiger partial charge in [-0.3, -0.25) is 10.6 Å². The smallest absolute Gasteiger partial charge is 0.369 e. The van der Waals surface area contributed by atoms with Crippen LogP contribution in [-0.2, 0) is 12.8 Å². The molecule has 0 radical (unpaired) electrons. The second kappa shape index (κ2) is 14.9. The van der Waals surface area contributed by atoms with E-state index in [1.165, 1.54) is 11.1 Å². The molecule has 0 heterocycles. The third-order valence-corrected chi connectivity index (χ3v) is 4.41. The summed E-state index contributed by atoms with van der Waals surface area (Å²) in [7, 11) is 0. The second-order valence-electron chi connectivity index (χ2n) is 13.5. The Balaban J connectivity index is 0.000000682. The van der Waals surface area contributed by atoms with Crippen LogP contribution >= 0.6 is 0 Å². The fourth-order valence-electron chi connectivity index (χ4n) is 3.48. The van der Waals surface area contributed by atoms with Crippen LogP contribution in [0.3, 0.4) is 0 Å². The van der Waals surface area contributed by atoms with Gasteiger partial charge in [-0.1, -0.05) is 60.7 Å². The van der Waals surface area contributed by atoms with E-state index in [-0.39, 0.29) is 45.2 Å². The minimum absolute atomic E-state index is 0. The monoisotopic (exact) mass is 516 g/mol. The van der Waals surface area contributed by atoms with Gasteiger partial charge < -0.3 is 9.98 Å². The SMILES string of the molecule is CC(C)(C)[N-]C(Cc1ccccc1)=[NH+]C(C)(C)C.CC(C)(C)[N-]C(Cc1ccccc1)=[NH+]C(C)(C)C.[Mg+2]. The van der Waals surface area contributed by atoms with Gasteiger partial charge in [-0.25, -0.2) is 0 Å². The molecule has 2 aromatic carbocycles. The number of nitrogens with zero attached hydrogens (tertiary/aromatic N) is 2. The molecule has 37 heavy (non-hydrogen) atoms. The van der Waals surface area contributed by atoms with Crippen molar-refractivity contribution in [3.8, 4) is 0 Å². The average molecular weight is 517 g/mol. The molecule has 200 valence electrons. The zero-order valence-corrected chi connectivity index (χ0v) is 27.2. The summed E-state index contributed by atoms with van der Waals surface area (Å²) in [5, 5.41) is 9.59. The van der Waals surface area contributed by atoms with E-state index in [0.29, 0.717) is 0 Å². The van der Waals surface area contributed by atoms with Crippen LogP contribution in [0.2, 0.25) is 0 Å². The predicted molar refractivity (Wildman–Crippen MR) is 164 cm³/mol. The summed E-state index contributed by atoms with van der Waals surface area (Å²) >= 11 is 0. The Kier molecular flexibility index (Phi) is 14.2. The van der Waals surface area contributed by atoms with Crippen molar-refractivity contribution >= 4 is 34.7 Å². The Bertz CT molecular complexity index is 871. The Hall–Kier alpha value is -1.85. The molecule has 0 saturated heterocycles. The third-order valence-electron chi connectivity index (χ3n) is 4.41. The van der Waals surface area contributed by atoms with Gasteiger partial charge in [-0.05, 0) is 94.2 Å². The van der Waals surface area contributed by atoms with Gasteiger partial charge in [0.2, 0.25) is 0 Å². The summed E-state index contributed by atoms with van der Waals surface area (Å²) < 4.78 is 0. The number of benzene rings is 2. The fraction of sp³-hybridized carbons (Fsp3) is 0.562. The number of hydrogen-bond acceptors (Lipinski definition) is 0. The van der Waals surface area contributed by atoms with Gasteiger partial charge in [0.05, 0.1) is 11.1 Å². The van der Waals surface area contributed by atoms with E-state index in [0.717, 1.165) is 24.5 Å². The van der Waals surface area contributed by atoms with Crippen LogP contribution in [0.5, 0.6) is 0 Å². The van der Waals surface area contributed by atoms with E-state index < -0.39 is 0 Å². The van der Waals surface area contributed by atoms with E-state index in [2.05, 4.69) is 142 Å². The van der Waals surface area contributed by atoms with Gasteiger partial charge in [0, 0.05) is 23.9 Å². The number of nitrogens with one attached hydrogen (secondary N) is 2. The van der Waals surface area contributed by atoms with Crippen LogP contribution < -0.4 is 9.98 Å². The fourth-order valence-corrected chi connectivity index (χ4v) is 3.48. The standard InChI is InChI=1S/2C16H25N2.Mg/c2*1-15(2,3)17-14(18-16(4,5)6)12-13-10-8-7-9-11-13;/h2*7-11H,12H2,1-6H3;/q2*-1;+2/p+2. The van der Waals surface area contributed by atoms with Crippen molar-refractivity contribution < 1.29 is 9.98 Å². The van der Waals surface area contributed by atoms with E-state index in [1.54, 1.807) is 0 Å². The number of rotatable bonds is 4. The quantitative estimate of drug-likeness (QED) is 0.327. The first-order valence-electron chi connectivity index (χ1n) is 13.1. The van der Waals surface area contributed by atoms with Crippen LogP contribution in [0.15, 0.2) is 60.7 Å². The molecule has 0 aliphatic carbocycles. The van der Waals surface area contributed by atoms with Crippen LogP contribution in [0.4, 0.5) is 0 Å². The first kappa shape index (κ1) is 35.1. The van der Waals surface area contributed by atoms with Crippen LogP contribution in [0.1, 0.15) is 94.2 Å². The van der Waals surface area contributed by atoms with Gasteiger partial charge >= 0.3 is 23.1 Å². The number of amidine groups is 2. The molecule has 0 aliphatic heterocycles. The average Bonchev–Trinajstić information content (AvgIpc) is 2.64. The first-order valence-corrected chi connectivity index (χ1v) is 13.1. The Morgan fingerprint density at radius 3 is 1.00 bits per heavy atom. The summed E-state index contributed by atoms with van der Waals surface area (Å²) in [4.78, 5) is 7.02. The molecule has 2 N–H and O–H groups in total. The van der Waals surface area contributed by atoms with E-state index in [1.807, 2.05) is 12.1 Å². The van der Waals surface area contributed by atoms with E-state index >= 15 is 0 Å². The second-order valence-corrected chi connectivity index (χ2v) is 13.5. The Morgan fingerprint density at radius 2 is 0.784 bits per heavy atom. The van der Waals surface area contributed by atoms with E-state index in [9.17, 15) is 0 Å². The van der Waals surface area contributed by atoms with Gasteiger partial charge in [-0.15, -0.1) is 0 Å².